The third-order valence-corrected chi connectivity index (χ3v) is 6.77. The Morgan fingerprint density at radius 2 is 0.790 bits per heavy atom. The van der Waals surface area contributed by atoms with Gasteiger partial charge in [-0.25, -0.2) is 9.97 Å². The maximum absolute atomic E-state index is 12.0. The summed E-state index contributed by atoms with van der Waals surface area (Å²) >= 11 is 0. The van der Waals surface area contributed by atoms with Gasteiger partial charge in [0, 0.05) is 23.2 Å². The van der Waals surface area contributed by atoms with Crippen molar-refractivity contribution in [3.63, 3.8) is 0 Å². The molecule has 0 aliphatic rings. The molecule has 0 saturated carbocycles. The zero-order valence-electron chi connectivity index (χ0n) is 31.7. The SMILES string of the molecule is COc1cccc(CN=Cc2ccc3ccccc3n2)c1[O-].COc1cccc(CN=Cc2ccc3ccccc3n2)c1[O-].O=[N+]([O-])[O-].O=[N+]([O-])[O-].O=[N+]([O-])[O-].O=[N+]([O-])[O-].[Dy+3].[Dy+3]. The van der Waals surface area contributed by atoms with E-state index in [0.717, 1.165) is 33.2 Å². The van der Waals surface area contributed by atoms with Gasteiger partial charge in [0.25, 0.3) is 0 Å². The van der Waals surface area contributed by atoms with E-state index in [2.05, 4.69) is 20.0 Å². The summed E-state index contributed by atoms with van der Waals surface area (Å²) in [5.74, 6) is 0.454. The van der Waals surface area contributed by atoms with Gasteiger partial charge in [-0.15, -0.1) is 0 Å². The minimum Gasteiger partial charge on any atom is -0.870 e. The van der Waals surface area contributed by atoms with Gasteiger partial charge in [0.1, 0.15) is 11.5 Å². The van der Waals surface area contributed by atoms with E-state index < -0.39 is 20.3 Å². The van der Waals surface area contributed by atoms with E-state index >= 15 is 0 Å². The standard InChI is InChI=1S/2C18H16N2O2.2Dy.4NO3/c2*1-22-17-8-4-6-14(18(17)21)11-19-12-15-10-9-13-5-2-3-7-16(13)20-15;;;4*2-1(3)4/h2*2-10,12,21H,11H2,1H3;;;;;;/q;;2*+3;4*-1/p-2. The van der Waals surface area contributed by atoms with Crippen molar-refractivity contribution in [2.45, 2.75) is 13.1 Å². The van der Waals surface area contributed by atoms with Crippen LogP contribution >= 0.6 is 0 Å². The summed E-state index contributed by atoms with van der Waals surface area (Å²) in [4.78, 5) is 50.6. The van der Waals surface area contributed by atoms with Crippen LogP contribution in [0.2, 0.25) is 0 Å². The van der Waals surface area contributed by atoms with Crippen LogP contribution < -0.4 is 19.7 Å². The minimum absolute atomic E-state index is 0. The summed E-state index contributed by atoms with van der Waals surface area (Å²) in [6, 6.07) is 34.1. The predicted octanol–water partition coefficient (Wildman–Crippen LogP) is 4.92. The zero-order chi connectivity index (χ0) is 45.0. The number of benzene rings is 4. The van der Waals surface area contributed by atoms with Crippen LogP contribution in [0, 0.1) is 138 Å². The molecule has 0 N–H and O–H groups in total. The first-order valence-electron chi connectivity index (χ1n) is 16.1. The molecule has 330 valence electrons. The second-order valence-electron chi connectivity index (χ2n) is 10.6. The van der Waals surface area contributed by atoms with Crippen LogP contribution in [-0.2, 0) is 13.1 Å². The van der Waals surface area contributed by atoms with E-state index in [-0.39, 0.29) is 87.8 Å². The first-order chi connectivity index (χ1) is 28.5. The Kier molecular flexibility index (Phi) is 30.1. The molecule has 0 saturated heterocycles. The van der Waals surface area contributed by atoms with Crippen LogP contribution in [0.3, 0.4) is 0 Å². The van der Waals surface area contributed by atoms with Gasteiger partial charge in [-0.05, 0) is 47.5 Å². The molecule has 6 rings (SSSR count). The number of hydrogen-bond donors (Lipinski definition) is 0. The van der Waals surface area contributed by atoms with Crippen molar-refractivity contribution in [1.29, 1.82) is 0 Å². The average Bonchev–Trinajstić information content (AvgIpc) is 3.18. The average molecular weight is 1160 g/mol. The first kappa shape index (κ1) is 57.7. The first-order valence-corrected chi connectivity index (χ1v) is 16.1. The molecule has 0 amide bonds. The summed E-state index contributed by atoms with van der Waals surface area (Å²) in [5.41, 5.74) is 4.62. The number of para-hydroxylation sites is 4. The largest absolute Gasteiger partial charge is 3.00 e. The van der Waals surface area contributed by atoms with Gasteiger partial charge in [0.05, 0.1) is 70.1 Å². The minimum atomic E-state index is -1.75. The van der Waals surface area contributed by atoms with Gasteiger partial charge >= 0.3 is 76.3 Å². The smallest absolute Gasteiger partial charge is 0.870 e. The number of rotatable bonds is 8. The summed E-state index contributed by atoms with van der Waals surface area (Å²) < 4.78 is 10.0. The molecule has 0 unspecified atom stereocenters. The van der Waals surface area contributed by atoms with Crippen LogP contribution in [0.25, 0.3) is 21.8 Å². The molecule has 2 aromatic heterocycles. The van der Waals surface area contributed by atoms with E-state index in [9.17, 15) is 10.2 Å². The van der Waals surface area contributed by atoms with Gasteiger partial charge in [-0.2, -0.15) is 0 Å². The fraction of sp³-hybridized carbons (Fsp3) is 0.111. The number of aromatic nitrogens is 2. The van der Waals surface area contributed by atoms with Gasteiger partial charge < -0.3 is 81.0 Å². The Bertz CT molecular complexity index is 2190. The Morgan fingerprint density at radius 3 is 1.10 bits per heavy atom. The van der Waals surface area contributed by atoms with Gasteiger partial charge in [0.15, 0.2) is 0 Å². The molecule has 0 aliphatic carbocycles. The molecule has 4 aromatic carbocycles. The molecule has 0 fully saturated rings. The number of methoxy groups -OCH3 is 2. The van der Waals surface area contributed by atoms with Crippen molar-refractivity contribution in [2.24, 2.45) is 9.98 Å². The molecule has 2 heterocycles. The van der Waals surface area contributed by atoms with Crippen molar-refractivity contribution in [2.75, 3.05) is 14.2 Å². The number of aliphatic imine (C=N–C) groups is 2. The maximum atomic E-state index is 12.0. The summed E-state index contributed by atoms with van der Waals surface area (Å²) in [6.45, 7) is 0.620. The predicted molar refractivity (Wildman–Crippen MR) is 212 cm³/mol. The van der Waals surface area contributed by atoms with Gasteiger partial charge in [-0.3, -0.25) is 9.98 Å². The fourth-order valence-electron chi connectivity index (χ4n) is 4.48. The molecule has 0 bridgehead atoms. The van der Waals surface area contributed by atoms with Crippen molar-refractivity contribution >= 4 is 34.2 Å². The molecule has 6 aromatic rings. The second-order valence-corrected chi connectivity index (χ2v) is 10.6. The van der Waals surface area contributed by atoms with Crippen LogP contribution in [0.15, 0.2) is 119 Å². The summed E-state index contributed by atoms with van der Waals surface area (Å²) in [7, 11) is 2.98. The molecular formula is C36H30Dy2N8O16. The molecule has 62 heavy (non-hydrogen) atoms. The van der Waals surface area contributed by atoms with Crippen molar-refractivity contribution in [3.05, 3.63) is 193 Å². The number of pyridine rings is 2. The molecule has 24 nitrogen and oxygen atoms in total. The Morgan fingerprint density at radius 1 is 0.484 bits per heavy atom. The molecule has 0 aliphatic heterocycles. The number of ether oxygens (including phenoxy) is 2. The summed E-state index contributed by atoms with van der Waals surface area (Å²) in [6.07, 6.45) is 3.37. The normalized spacial score (nSPS) is 9.45. The van der Waals surface area contributed by atoms with Crippen LogP contribution in [-0.4, -0.2) is 57.0 Å². The topological polar surface area (TPSA) is 380 Å². The van der Waals surface area contributed by atoms with Crippen LogP contribution in [0.4, 0.5) is 0 Å². The molecule has 0 spiro atoms. The van der Waals surface area contributed by atoms with Crippen LogP contribution in [0.5, 0.6) is 23.0 Å². The van der Waals surface area contributed by atoms with Gasteiger partial charge in [0.2, 0.25) is 0 Å². The Hall–Kier alpha value is -6.41. The molecular weight excluding hydrogens is 1130 g/mol. The molecule has 26 heteroatoms. The van der Waals surface area contributed by atoms with Crippen molar-refractivity contribution < 1.29 is 116 Å². The van der Waals surface area contributed by atoms with Crippen molar-refractivity contribution in [3.8, 4) is 23.0 Å². The van der Waals surface area contributed by atoms with Crippen molar-refractivity contribution in [1.82, 2.24) is 9.97 Å². The third-order valence-electron chi connectivity index (χ3n) is 6.77. The monoisotopic (exact) mass is 1160 g/mol. The molecule has 0 atom stereocenters. The maximum Gasteiger partial charge on any atom is 3.00 e. The molecule has 2 radical (unpaired) electrons. The number of nitrogens with zero attached hydrogens (tertiary/aromatic N) is 8. The second kappa shape index (κ2) is 32.4. The summed E-state index contributed by atoms with van der Waals surface area (Å²) in [5, 5.41) is 85.2. The third kappa shape index (κ3) is 24.6. The fourth-order valence-corrected chi connectivity index (χ4v) is 4.48. The zero-order valence-corrected chi connectivity index (χ0v) is 35.8. The quantitative estimate of drug-likeness (QED) is 0.111. The van der Waals surface area contributed by atoms with E-state index in [4.69, 9.17) is 70.8 Å². The van der Waals surface area contributed by atoms with E-state index in [1.165, 1.54) is 14.2 Å². The Labute approximate surface area is 410 Å². The van der Waals surface area contributed by atoms with Crippen LogP contribution in [0.1, 0.15) is 22.5 Å². The Balaban J connectivity index is 0. The van der Waals surface area contributed by atoms with E-state index in [0.29, 0.717) is 35.7 Å². The van der Waals surface area contributed by atoms with E-state index in [1.54, 1.807) is 48.8 Å². The van der Waals surface area contributed by atoms with Gasteiger partial charge in [-0.1, -0.05) is 84.3 Å². The number of fused-ring (bicyclic) bond motifs is 2. The van der Waals surface area contributed by atoms with E-state index in [1.807, 2.05) is 72.8 Å². The number of hydrogen-bond acceptors (Lipinski definition) is 20.